The molecule has 1 aliphatic carbocycles. The molecule has 1 fully saturated rings. The zero-order chi connectivity index (χ0) is 11.5. The van der Waals surface area contributed by atoms with Crippen LogP contribution in [0.3, 0.4) is 0 Å². The Labute approximate surface area is 100 Å². The molecule has 88 valence electrons. The first-order chi connectivity index (χ1) is 8.42. The van der Waals surface area contributed by atoms with Gasteiger partial charge >= 0.3 is 0 Å². The summed E-state index contributed by atoms with van der Waals surface area (Å²) in [6.45, 7) is 1.11. The Morgan fingerprint density at radius 1 is 1.18 bits per heavy atom. The maximum atomic E-state index is 5.59. The van der Waals surface area contributed by atoms with Gasteiger partial charge in [0.1, 0.15) is 6.61 Å². The number of hydrogen-bond acceptors (Lipinski definition) is 3. The summed E-state index contributed by atoms with van der Waals surface area (Å²) in [4.78, 5) is 4.41. The van der Waals surface area contributed by atoms with Crippen LogP contribution in [0.25, 0.3) is 0 Å². The molecule has 0 saturated heterocycles. The molecule has 4 heteroatoms. The number of benzene rings is 1. The first-order valence-corrected chi connectivity index (χ1v) is 5.94. The number of ether oxygens (including phenoxy) is 1. The van der Waals surface area contributed by atoms with Gasteiger partial charge < -0.3 is 4.74 Å². The fraction of sp³-hybridized carbons (Fsp3) is 0.385. The van der Waals surface area contributed by atoms with Crippen molar-refractivity contribution in [1.82, 2.24) is 15.2 Å². The molecule has 3 rings (SSSR count). The van der Waals surface area contributed by atoms with E-state index in [1.807, 2.05) is 18.2 Å². The second-order valence-corrected chi connectivity index (χ2v) is 4.39. The molecule has 1 saturated carbocycles. The number of nitrogens with one attached hydrogen (secondary N) is 1. The van der Waals surface area contributed by atoms with Crippen LogP contribution in [0.5, 0.6) is 0 Å². The third kappa shape index (κ3) is 2.71. The number of hydrogen-bond donors (Lipinski definition) is 1. The van der Waals surface area contributed by atoms with Crippen LogP contribution in [0.2, 0.25) is 0 Å². The van der Waals surface area contributed by atoms with E-state index in [1.165, 1.54) is 18.4 Å². The van der Waals surface area contributed by atoms with E-state index in [1.54, 1.807) is 0 Å². The summed E-state index contributed by atoms with van der Waals surface area (Å²) in [5.41, 5.74) is 1.18. The standard InChI is InChI=1S/C13H15N3O/c1-2-4-10(5-3-1)8-17-9-12-14-13(16-15-12)11-6-7-11/h1-5,11H,6-9H2,(H,14,15,16). The fourth-order valence-electron chi connectivity index (χ4n) is 1.74. The molecule has 4 nitrogen and oxygen atoms in total. The monoisotopic (exact) mass is 229 g/mol. The predicted octanol–water partition coefficient (Wildman–Crippen LogP) is 2.40. The van der Waals surface area contributed by atoms with Gasteiger partial charge in [0.2, 0.25) is 0 Å². The number of H-pyrrole nitrogens is 1. The smallest absolute Gasteiger partial charge is 0.153 e. The Hall–Kier alpha value is -1.68. The van der Waals surface area contributed by atoms with Crippen LogP contribution in [0.4, 0.5) is 0 Å². The summed E-state index contributed by atoms with van der Waals surface area (Å²) in [6.07, 6.45) is 2.45. The van der Waals surface area contributed by atoms with Crippen molar-refractivity contribution in [3.8, 4) is 0 Å². The maximum Gasteiger partial charge on any atom is 0.153 e. The lowest BCUT2D eigenvalue weighted by Crippen LogP contribution is -1.96. The van der Waals surface area contributed by atoms with Crippen molar-refractivity contribution in [3.05, 3.63) is 47.5 Å². The highest BCUT2D eigenvalue weighted by Crippen LogP contribution is 2.37. The van der Waals surface area contributed by atoms with Gasteiger partial charge in [0.25, 0.3) is 0 Å². The molecule has 0 radical (unpaired) electrons. The second-order valence-electron chi connectivity index (χ2n) is 4.39. The van der Waals surface area contributed by atoms with Gasteiger partial charge in [-0.1, -0.05) is 30.3 Å². The maximum absolute atomic E-state index is 5.59. The van der Waals surface area contributed by atoms with Crippen LogP contribution in [-0.2, 0) is 18.0 Å². The van der Waals surface area contributed by atoms with Crippen LogP contribution >= 0.6 is 0 Å². The van der Waals surface area contributed by atoms with Crippen molar-refractivity contribution in [1.29, 1.82) is 0 Å². The molecular weight excluding hydrogens is 214 g/mol. The number of aromatic nitrogens is 3. The van der Waals surface area contributed by atoms with Gasteiger partial charge in [-0.15, -0.1) is 0 Å². The highest BCUT2D eigenvalue weighted by molar-refractivity contribution is 5.13. The lowest BCUT2D eigenvalue weighted by atomic mass is 10.2. The summed E-state index contributed by atoms with van der Waals surface area (Å²) in [7, 11) is 0. The predicted molar refractivity (Wildman–Crippen MR) is 63.3 cm³/mol. The molecular formula is C13H15N3O. The topological polar surface area (TPSA) is 50.8 Å². The van der Waals surface area contributed by atoms with E-state index >= 15 is 0 Å². The van der Waals surface area contributed by atoms with E-state index in [0.717, 1.165) is 11.6 Å². The molecule has 1 N–H and O–H groups in total. The molecule has 0 spiro atoms. The molecule has 0 amide bonds. The minimum Gasteiger partial charge on any atom is -0.369 e. The van der Waals surface area contributed by atoms with Gasteiger partial charge in [-0.3, -0.25) is 5.10 Å². The average Bonchev–Trinajstić information content (AvgIpc) is 3.11. The van der Waals surface area contributed by atoms with Crippen molar-refractivity contribution in [2.24, 2.45) is 0 Å². The van der Waals surface area contributed by atoms with Gasteiger partial charge in [-0.2, -0.15) is 5.10 Å². The van der Waals surface area contributed by atoms with Gasteiger partial charge in [0.15, 0.2) is 11.6 Å². The van der Waals surface area contributed by atoms with Gasteiger partial charge in [-0.25, -0.2) is 4.98 Å². The number of rotatable bonds is 5. The summed E-state index contributed by atoms with van der Waals surface area (Å²) >= 11 is 0. The Morgan fingerprint density at radius 3 is 2.76 bits per heavy atom. The van der Waals surface area contributed by atoms with Crippen LogP contribution in [0, 0.1) is 0 Å². The highest BCUT2D eigenvalue weighted by Gasteiger charge is 2.27. The number of aromatic amines is 1. The Kier molecular flexibility index (Phi) is 2.88. The lowest BCUT2D eigenvalue weighted by molar-refractivity contribution is 0.102. The van der Waals surface area contributed by atoms with Gasteiger partial charge in [0.05, 0.1) is 6.61 Å². The highest BCUT2D eigenvalue weighted by atomic mass is 16.5. The quantitative estimate of drug-likeness (QED) is 0.856. The fourth-order valence-corrected chi connectivity index (χ4v) is 1.74. The summed E-state index contributed by atoms with van der Waals surface area (Å²) in [5, 5.41) is 7.11. The third-order valence-corrected chi connectivity index (χ3v) is 2.84. The van der Waals surface area contributed by atoms with Crippen LogP contribution in [0.15, 0.2) is 30.3 Å². The molecule has 1 aromatic carbocycles. The van der Waals surface area contributed by atoms with Crippen LogP contribution in [0.1, 0.15) is 36.0 Å². The van der Waals surface area contributed by atoms with E-state index in [0.29, 0.717) is 19.1 Å². The first kappa shape index (κ1) is 10.5. The molecule has 1 aliphatic rings. The molecule has 0 aliphatic heterocycles. The zero-order valence-electron chi connectivity index (χ0n) is 9.60. The molecule has 0 bridgehead atoms. The normalized spacial score (nSPS) is 15.1. The van der Waals surface area contributed by atoms with E-state index in [2.05, 4.69) is 27.3 Å². The molecule has 0 unspecified atom stereocenters. The molecule has 1 heterocycles. The average molecular weight is 229 g/mol. The molecule has 1 aromatic heterocycles. The summed E-state index contributed by atoms with van der Waals surface area (Å²) in [6, 6.07) is 10.1. The number of nitrogens with zero attached hydrogens (tertiary/aromatic N) is 2. The van der Waals surface area contributed by atoms with Crippen molar-refractivity contribution in [2.45, 2.75) is 32.0 Å². The summed E-state index contributed by atoms with van der Waals surface area (Å²) < 4.78 is 5.59. The third-order valence-electron chi connectivity index (χ3n) is 2.84. The Balaban J connectivity index is 1.50. The minimum absolute atomic E-state index is 0.495. The van der Waals surface area contributed by atoms with Crippen molar-refractivity contribution >= 4 is 0 Å². The van der Waals surface area contributed by atoms with Crippen molar-refractivity contribution in [2.75, 3.05) is 0 Å². The minimum atomic E-state index is 0.495. The SMILES string of the molecule is c1ccc(COCc2nc(C3CC3)n[nH]2)cc1. The summed E-state index contributed by atoms with van der Waals surface area (Å²) in [5.74, 6) is 2.36. The van der Waals surface area contributed by atoms with Gasteiger partial charge in [-0.05, 0) is 18.4 Å². The Morgan fingerprint density at radius 2 is 2.00 bits per heavy atom. The van der Waals surface area contributed by atoms with E-state index in [9.17, 15) is 0 Å². The lowest BCUT2D eigenvalue weighted by Gasteiger charge is -2.01. The van der Waals surface area contributed by atoms with E-state index < -0.39 is 0 Å². The van der Waals surface area contributed by atoms with E-state index in [-0.39, 0.29) is 0 Å². The molecule has 17 heavy (non-hydrogen) atoms. The van der Waals surface area contributed by atoms with Crippen LogP contribution < -0.4 is 0 Å². The van der Waals surface area contributed by atoms with E-state index in [4.69, 9.17) is 4.74 Å². The second kappa shape index (κ2) is 4.67. The zero-order valence-corrected chi connectivity index (χ0v) is 9.60. The van der Waals surface area contributed by atoms with Crippen molar-refractivity contribution < 1.29 is 4.74 Å². The van der Waals surface area contributed by atoms with Gasteiger partial charge in [0, 0.05) is 5.92 Å². The van der Waals surface area contributed by atoms with Crippen LogP contribution in [-0.4, -0.2) is 15.2 Å². The molecule has 0 atom stereocenters. The van der Waals surface area contributed by atoms with Crippen molar-refractivity contribution in [3.63, 3.8) is 0 Å². The Bertz CT molecular complexity index is 476. The molecule has 2 aromatic rings. The largest absolute Gasteiger partial charge is 0.369 e. The first-order valence-electron chi connectivity index (χ1n) is 5.94.